The number of fused-ring (bicyclic) bond motifs is 12. The number of ether oxygens (including phenoxy) is 1. The molecule has 5 aromatic rings. The first-order valence-electron chi connectivity index (χ1n) is 11.7. The molecule has 3 aliphatic rings. The number of amides is 2. The standard InChI is InChI=1S/C26H17F2N3O6/c27-8-1-3-10-12(5-8)30-7-14-21(32)22(33)23(34)26(37-14)31-13-6-9(28)2-4-11(13)16-18-17(24(35)29-25(18)36)15(10)19(30)20(16)31/h1-6,14,21-23,26,32-34H,7H2,(H,29,35,36). The van der Waals surface area contributed by atoms with Gasteiger partial charge in [0.05, 0.1) is 39.7 Å². The molecular formula is C26H17F2N3O6. The van der Waals surface area contributed by atoms with E-state index in [-0.39, 0.29) is 23.2 Å². The highest BCUT2D eigenvalue weighted by Gasteiger charge is 2.48. The number of halogens is 2. The summed E-state index contributed by atoms with van der Waals surface area (Å²) in [6.07, 6.45) is -6.97. The van der Waals surface area contributed by atoms with Gasteiger partial charge in [0.2, 0.25) is 0 Å². The van der Waals surface area contributed by atoms with Gasteiger partial charge in [0, 0.05) is 21.5 Å². The molecule has 186 valence electrons. The predicted octanol–water partition coefficient (Wildman–Crippen LogP) is 2.06. The van der Waals surface area contributed by atoms with Crippen LogP contribution in [0.5, 0.6) is 0 Å². The number of carbonyl (C=O) groups excluding carboxylic acids is 2. The van der Waals surface area contributed by atoms with Crippen LogP contribution in [-0.4, -0.2) is 60.7 Å². The lowest BCUT2D eigenvalue weighted by Gasteiger charge is -2.43. The van der Waals surface area contributed by atoms with Crippen molar-refractivity contribution in [1.82, 2.24) is 14.5 Å². The first kappa shape index (κ1) is 21.2. The number of rotatable bonds is 0. The molecule has 3 aromatic carbocycles. The molecule has 0 spiro atoms. The third-order valence-corrected chi connectivity index (χ3v) is 7.95. The highest BCUT2D eigenvalue weighted by molar-refractivity contribution is 6.39. The lowest BCUT2D eigenvalue weighted by molar-refractivity contribution is -0.245. The van der Waals surface area contributed by atoms with Crippen LogP contribution < -0.4 is 5.32 Å². The van der Waals surface area contributed by atoms with E-state index in [0.29, 0.717) is 38.1 Å². The van der Waals surface area contributed by atoms with Gasteiger partial charge in [-0.15, -0.1) is 0 Å². The van der Waals surface area contributed by atoms with Crippen LogP contribution in [-0.2, 0) is 11.3 Å². The van der Waals surface area contributed by atoms with Gasteiger partial charge >= 0.3 is 0 Å². The van der Waals surface area contributed by atoms with E-state index < -0.39 is 54.1 Å². The number of nitrogens with zero attached hydrogens (tertiary/aromatic N) is 2. The predicted molar refractivity (Wildman–Crippen MR) is 126 cm³/mol. The number of benzene rings is 3. The number of imide groups is 1. The zero-order chi connectivity index (χ0) is 25.5. The van der Waals surface area contributed by atoms with Gasteiger partial charge in [0.25, 0.3) is 11.8 Å². The van der Waals surface area contributed by atoms with Crippen molar-refractivity contribution in [1.29, 1.82) is 0 Å². The van der Waals surface area contributed by atoms with Gasteiger partial charge in [-0.25, -0.2) is 8.78 Å². The molecule has 4 N–H and O–H groups in total. The lowest BCUT2D eigenvalue weighted by atomic mass is 9.95. The highest BCUT2D eigenvalue weighted by Crippen LogP contribution is 2.48. The molecule has 9 nitrogen and oxygen atoms in total. The van der Waals surface area contributed by atoms with Crippen molar-refractivity contribution >= 4 is 55.4 Å². The molecule has 5 unspecified atom stereocenters. The monoisotopic (exact) mass is 505 g/mol. The zero-order valence-electron chi connectivity index (χ0n) is 18.8. The van der Waals surface area contributed by atoms with Crippen molar-refractivity contribution in [3.8, 4) is 0 Å². The van der Waals surface area contributed by atoms with Crippen LogP contribution in [0.15, 0.2) is 36.4 Å². The molecule has 37 heavy (non-hydrogen) atoms. The molecule has 2 aromatic heterocycles. The average Bonchev–Trinajstić information content (AvgIpc) is 3.44. The van der Waals surface area contributed by atoms with Crippen LogP contribution in [0.25, 0.3) is 43.6 Å². The van der Waals surface area contributed by atoms with Crippen LogP contribution in [0.1, 0.15) is 26.9 Å². The van der Waals surface area contributed by atoms with E-state index in [2.05, 4.69) is 5.32 Å². The summed E-state index contributed by atoms with van der Waals surface area (Å²) in [7, 11) is 0. The molecule has 0 saturated carbocycles. The Morgan fingerprint density at radius 2 is 1.41 bits per heavy atom. The third kappa shape index (κ3) is 2.40. The maximum absolute atomic E-state index is 14.6. The van der Waals surface area contributed by atoms with E-state index in [1.807, 2.05) is 0 Å². The van der Waals surface area contributed by atoms with Crippen LogP contribution in [0.3, 0.4) is 0 Å². The number of hydrogen-bond donors (Lipinski definition) is 4. The summed E-state index contributed by atoms with van der Waals surface area (Å²) in [5.41, 5.74) is 1.67. The Morgan fingerprint density at radius 3 is 2.08 bits per heavy atom. The quantitative estimate of drug-likeness (QED) is 0.239. The van der Waals surface area contributed by atoms with E-state index in [4.69, 9.17) is 4.74 Å². The normalized spacial score (nSPS) is 26.9. The Labute approximate surface area is 205 Å². The van der Waals surface area contributed by atoms with E-state index in [0.717, 1.165) is 0 Å². The fourth-order valence-corrected chi connectivity index (χ4v) is 6.45. The van der Waals surface area contributed by atoms with Gasteiger partial charge < -0.3 is 29.2 Å². The lowest BCUT2D eigenvalue weighted by Crippen LogP contribution is -2.56. The van der Waals surface area contributed by atoms with E-state index >= 15 is 0 Å². The number of hydrogen-bond acceptors (Lipinski definition) is 6. The van der Waals surface area contributed by atoms with E-state index in [9.17, 15) is 33.7 Å². The minimum Gasteiger partial charge on any atom is -0.388 e. The second-order valence-electron chi connectivity index (χ2n) is 9.82. The number of aliphatic hydroxyl groups excluding tert-OH is 3. The molecule has 1 fully saturated rings. The van der Waals surface area contributed by atoms with Crippen LogP contribution in [0.2, 0.25) is 0 Å². The summed E-state index contributed by atoms with van der Waals surface area (Å²) in [5, 5.41) is 36.5. The fourth-order valence-electron chi connectivity index (χ4n) is 6.45. The maximum Gasteiger partial charge on any atom is 0.259 e. The van der Waals surface area contributed by atoms with Gasteiger partial charge in [0.1, 0.15) is 36.1 Å². The smallest absolute Gasteiger partial charge is 0.259 e. The summed E-state index contributed by atoms with van der Waals surface area (Å²) in [4.78, 5) is 26.3. The average molecular weight is 505 g/mol. The number of nitrogens with one attached hydrogen (secondary N) is 1. The van der Waals surface area contributed by atoms with E-state index in [1.165, 1.54) is 41.0 Å². The van der Waals surface area contributed by atoms with Crippen molar-refractivity contribution in [2.24, 2.45) is 0 Å². The molecule has 0 radical (unpaired) electrons. The molecule has 1 saturated heterocycles. The molecule has 2 bridgehead atoms. The molecule has 2 amide bonds. The Kier molecular flexibility index (Phi) is 3.84. The summed E-state index contributed by atoms with van der Waals surface area (Å²) in [6, 6.07) is 7.98. The van der Waals surface area contributed by atoms with Gasteiger partial charge in [0.15, 0.2) is 6.23 Å². The second-order valence-corrected chi connectivity index (χ2v) is 9.82. The maximum atomic E-state index is 14.6. The van der Waals surface area contributed by atoms with Crippen LogP contribution in [0.4, 0.5) is 8.78 Å². The van der Waals surface area contributed by atoms with Gasteiger partial charge in [-0.2, -0.15) is 0 Å². The molecule has 8 rings (SSSR count). The Bertz CT molecular complexity index is 1910. The summed E-state index contributed by atoms with van der Waals surface area (Å²) < 4.78 is 38.4. The molecular weight excluding hydrogens is 488 g/mol. The SMILES string of the molecule is O=C1NC(=O)c2c1c1c3ccc(F)cc3n3c1c1c2c2ccc(F)cc2n1C1OC(C3)C(O)C(O)C1O. The van der Waals surface area contributed by atoms with Crippen LogP contribution in [0, 0.1) is 11.6 Å². The van der Waals surface area contributed by atoms with Gasteiger partial charge in [-0.05, 0) is 36.4 Å². The molecule has 3 aliphatic heterocycles. The summed E-state index contributed by atoms with van der Waals surface area (Å²) in [5.74, 6) is -2.37. The minimum atomic E-state index is -1.60. The van der Waals surface area contributed by atoms with Crippen molar-refractivity contribution in [2.45, 2.75) is 37.2 Å². The van der Waals surface area contributed by atoms with E-state index in [1.54, 1.807) is 4.57 Å². The largest absolute Gasteiger partial charge is 0.388 e. The second kappa shape index (κ2) is 6.69. The zero-order valence-corrected chi connectivity index (χ0v) is 18.8. The van der Waals surface area contributed by atoms with Crippen molar-refractivity contribution in [2.75, 3.05) is 0 Å². The topological polar surface area (TPSA) is 126 Å². The van der Waals surface area contributed by atoms with Gasteiger partial charge in [-0.3, -0.25) is 14.9 Å². The highest BCUT2D eigenvalue weighted by atomic mass is 19.1. The first-order valence-corrected chi connectivity index (χ1v) is 11.7. The Hall–Kier alpha value is -3.90. The number of carbonyl (C=O) groups is 2. The van der Waals surface area contributed by atoms with Crippen molar-refractivity contribution in [3.63, 3.8) is 0 Å². The first-order chi connectivity index (χ1) is 17.8. The minimum absolute atomic E-state index is 0.0514. The Balaban J connectivity index is 1.73. The van der Waals surface area contributed by atoms with Crippen LogP contribution >= 0.6 is 0 Å². The molecule has 11 heteroatoms. The third-order valence-electron chi connectivity index (χ3n) is 7.95. The fraction of sp³-hybridized carbons (Fsp3) is 0.231. The van der Waals surface area contributed by atoms with Crippen molar-refractivity contribution in [3.05, 3.63) is 59.2 Å². The number of aliphatic hydroxyl groups is 3. The van der Waals surface area contributed by atoms with Crippen molar-refractivity contribution < 1.29 is 38.4 Å². The van der Waals surface area contributed by atoms with Gasteiger partial charge in [-0.1, -0.05) is 0 Å². The molecule has 5 heterocycles. The number of aromatic nitrogens is 2. The summed E-state index contributed by atoms with van der Waals surface area (Å²) in [6.45, 7) is -0.0514. The molecule has 0 aliphatic carbocycles. The summed E-state index contributed by atoms with van der Waals surface area (Å²) >= 11 is 0. The Morgan fingerprint density at radius 1 is 0.811 bits per heavy atom. The molecule has 5 atom stereocenters.